The van der Waals surface area contributed by atoms with Crippen molar-refractivity contribution in [2.24, 2.45) is 11.8 Å². The highest BCUT2D eigenvalue weighted by atomic mass is 19.4. The minimum atomic E-state index is -4.50. The summed E-state index contributed by atoms with van der Waals surface area (Å²) in [6.45, 7) is 5.42. The van der Waals surface area contributed by atoms with E-state index in [0.717, 1.165) is 19.1 Å². The van der Waals surface area contributed by atoms with Gasteiger partial charge in [0, 0.05) is 25.1 Å². The molecule has 1 N–H and O–H groups in total. The summed E-state index contributed by atoms with van der Waals surface area (Å²) in [7, 11) is 1.30. The van der Waals surface area contributed by atoms with Crippen molar-refractivity contribution in [3.8, 4) is 11.5 Å². The average Bonchev–Trinajstić information content (AvgIpc) is 2.98. The van der Waals surface area contributed by atoms with Crippen molar-refractivity contribution in [1.29, 1.82) is 0 Å². The minimum Gasteiger partial charge on any atom is -0.493 e. The number of nitrogens with one attached hydrogen (secondary N) is 1. The van der Waals surface area contributed by atoms with Crippen molar-refractivity contribution in [1.82, 2.24) is 10.3 Å². The van der Waals surface area contributed by atoms with Gasteiger partial charge >= 0.3 is 24.1 Å². The maximum absolute atomic E-state index is 13.2. The van der Waals surface area contributed by atoms with Crippen molar-refractivity contribution >= 4 is 23.8 Å². The van der Waals surface area contributed by atoms with E-state index in [0.29, 0.717) is 5.56 Å². The lowest BCUT2D eigenvalue weighted by Crippen LogP contribution is -2.47. The molecule has 4 atom stereocenters. The lowest BCUT2D eigenvalue weighted by Gasteiger charge is -2.31. The first-order valence-electron chi connectivity index (χ1n) is 13.4. The summed E-state index contributed by atoms with van der Waals surface area (Å²) in [5, 5.41) is 2.46. The zero-order chi connectivity index (χ0) is 31.9. The molecule has 1 aromatic heterocycles. The number of hydrogen-bond acceptors (Lipinski definition) is 10. The Bertz CT molecular complexity index is 1320. The maximum atomic E-state index is 13.2. The van der Waals surface area contributed by atoms with Crippen LogP contribution in [0.4, 0.5) is 13.2 Å². The zero-order valence-electron chi connectivity index (χ0n) is 24.2. The maximum Gasteiger partial charge on any atom is 0.416 e. The van der Waals surface area contributed by atoms with Crippen LogP contribution in [0.1, 0.15) is 49.3 Å². The van der Waals surface area contributed by atoms with Gasteiger partial charge in [-0.2, -0.15) is 13.2 Å². The molecule has 2 aromatic rings. The van der Waals surface area contributed by atoms with Crippen molar-refractivity contribution < 1.29 is 56.0 Å². The Labute approximate surface area is 246 Å². The molecule has 3 rings (SSSR count). The van der Waals surface area contributed by atoms with Crippen molar-refractivity contribution in [3.05, 3.63) is 53.3 Å². The number of rotatable bonds is 8. The van der Waals surface area contributed by atoms with Gasteiger partial charge in [0.1, 0.15) is 12.2 Å². The lowest BCUT2D eigenvalue weighted by molar-refractivity contribution is -0.173. The molecule has 0 radical (unpaired) electrons. The molecule has 43 heavy (non-hydrogen) atoms. The summed E-state index contributed by atoms with van der Waals surface area (Å²) in [5.41, 5.74) is -0.635. The van der Waals surface area contributed by atoms with Crippen LogP contribution in [-0.2, 0) is 41.2 Å². The molecule has 0 spiro atoms. The summed E-state index contributed by atoms with van der Waals surface area (Å²) in [6, 6.07) is 4.57. The molecule has 0 bridgehead atoms. The van der Waals surface area contributed by atoms with E-state index in [-0.39, 0.29) is 36.8 Å². The second kappa shape index (κ2) is 14.3. The van der Waals surface area contributed by atoms with Gasteiger partial charge in [0.15, 0.2) is 17.5 Å². The SMILES string of the molecule is COc1ccnc(C(=O)NC2COCC(Cc3ccc(C(F)(F)F)cc3)C(OC(=O)C(C)C)C(C)OC2=O)c1OC(C)=O. The number of pyridine rings is 1. The van der Waals surface area contributed by atoms with Crippen LogP contribution in [-0.4, -0.2) is 67.4 Å². The Balaban J connectivity index is 1.86. The van der Waals surface area contributed by atoms with Gasteiger partial charge in [-0.15, -0.1) is 0 Å². The molecule has 0 saturated carbocycles. The van der Waals surface area contributed by atoms with E-state index >= 15 is 0 Å². The predicted octanol–water partition coefficient (Wildman–Crippen LogP) is 3.52. The van der Waals surface area contributed by atoms with Gasteiger partial charge in [-0.05, 0) is 31.0 Å². The van der Waals surface area contributed by atoms with E-state index in [1.165, 1.54) is 38.4 Å². The van der Waals surface area contributed by atoms with Gasteiger partial charge in [0.2, 0.25) is 5.75 Å². The van der Waals surface area contributed by atoms with E-state index < -0.39 is 65.6 Å². The van der Waals surface area contributed by atoms with Crippen LogP contribution in [0.5, 0.6) is 11.5 Å². The fourth-order valence-electron chi connectivity index (χ4n) is 4.31. The molecule has 1 fully saturated rings. The Morgan fingerprint density at radius 3 is 2.37 bits per heavy atom. The van der Waals surface area contributed by atoms with Crippen LogP contribution in [0, 0.1) is 11.8 Å². The van der Waals surface area contributed by atoms with Gasteiger partial charge < -0.3 is 29.0 Å². The summed E-state index contributed by atoms with van der Waals surface area (Å²) >= 11 is 0. The molecule has 14 heteroatoms. The van der Waals surface area contributed by atoms with Crippen molar-refractivity contribution in [2.45, 2.75) is 58.5 Å². The fourth-order valence-corrected chi connectivity index (χ4v) is 4.31. The molecule has 1 aromatic carbocycles. The quantitative estimate of drug-likeness (QED) is 0.442. The Kier molecular flexibility index (Phi) is 11.1. The normalized spacial score (nSPS) is 21.1. The lowest BCUT2D eigenvalue weighted by atomic mass is 9.91. The summed E-state index contributed by atoms with van der Waals surface area (Å²) in [6.07, 6.45) is -5.17. The molecular weight excluding hydrogens is 577 g/mol. The standard InChI is InChI=1S/C29H33F3N2O9/c1-15(2)27(37)43-24-16(3)41-28(38)21(34-26(36)23-25(42-17(4)35)22(39-5)10-11-33-23)14-40-13-19(24)12-18-6-8-20(9-7-18)29(30,31)32/h6-11,15-16,19,21,24H,12-14H2,1-5H3,(H,34,36). The van der Waals surface area contributed by atoms with Crippen molar-refractivity contribution in [3.63, 3.8) is 0 Å². The molecule has 1 aliphatic heterocycles. The number of carbonyl (C=O) groups excluding carboxylic acids is 4. The third-order valence-corrected chi connectivity index (χ3v) is 6.49. The Morgan fingerprint density at radius 1 is 1.12 bits per heavy atom. The minimum absolute atomic E-state index is 0.0539. The highest BCUT2D eigenvalue weighted by Crippen LogP contribution is 2.31. The molecule has 2 heterocycles. The number of nitrogens with zero attached hydrogens (tertiary/aromatic N) is 1. The number of cyclic esters (lactones) is 1. The second-order valence-electron chi connectivity index (χ2n) is 10.2. The first-order chi connectivity index (χ1) is 20.2. The number of ether oxygens (including phenoxy) is 5. The highest BCUT2D eigenvalue weighted by Gasteiger charge is 2.38. The van der Waals surface area contributed by atoms with Gasteiger partial charge in [-0.25, -0.2) is 9.78 Å². The van der Waals surface area contributed by atoms with Crippen LogP contribution in [0.25, 0.3) is 0 Å². The fraction of sp³-hybridized carbons (Fsp3) is 0.483. The molecule has 1 aliphatic rings. The van der Waals surface area contributed by atoms with E-state index in [1.807, 2.05) is 0 Å². The highest BCUT2D eigenvalue weighted by molar-refractivity contribution is 5.98. The largest absolute Gasteiger partial charge is 0.493 e. The number of halogens is 3. The average molecular weight is 611 g/mol. The number of amides is 1. The summed E-state index contributed by atoms with van der Waals surface area (Å²) in [5.74, 6) is -4.45. The summed E-state index contributed by atoms with van der Waals surface area (Å²) in [4.78, 5) is 54.4. The summed E-state index contributed by atoms with van der Waals surface area (Å²) < 4.78 is 66.5. The van der Waals surface area contributed by atoms with Crippen LogP contribution >= 0.6 is 0 Å². The third kappa shape index (κ3) is 8.89. The van der Waals surface area contributed by atoms with Gasteiger partial charge in [-0.1, -0.05) is 26.0 Å². The third-order valence-electron chi connectivity index (χ3n) is 6.49. The smallest absolute Gasteiger partial charge is 0.416 e. The number of hydrogen-bond donors (Lipinski definition) is 1. The molecular formula is C29H33F3N2O9. The van der Waals surface area contributed by atoms with Gasteiger partial charge in [0.05, 0.1) is 31.8 Å². The van der Waals surface area contributed by atoms with Crippen LogP contribution in [0.15, 0.2) is 36.5 Å². The van der Waals surface area contributed by atoms with Crippen LogP contribution in [0.2, 0.25) is 0 Å². The van der Waals surface area contributed by atoms with E-state index in [9.17, 15) is 32.3 Å². The van der Waals surface area contributed by atoms with E-state index in [2.05, 4.69) is 10.3 Å². The van der Waals surface area contributed by atoms with E-state index in [1.54, 1.807) is 13.8 Å². The van der Waals surface area contributed by atoms with Gasteiger partial charge in [-0.3, -0.25) is 14.4 Å². The predicted molar refractivity (Wildman–Crippen MR) is 143 cm³/mol. The molecule has 1 amide bonds. The molecule has 4 unspecified atom stereocenters. The number of aromatic nitrogens is 1. The van der Waals surface area contributed by atoms with Gasteiger partial charge in [0.25, 0.3) is 5.91 Å². The van der Waals surface area contributed by atoms with Crippen LogP contribution < -0.4 is 14.8 Å². The number of methoxy groups -OCH3 is 1. The van der Waals surface area contributed by atoms with E-state index in [4.69, 9.17) is 23.7 Å². The Hall–Kier alpha value is -4.20. The Morgan fingerprint density at radius 2 is 1.79 bits per heavy atom. The zero-order valence-corrected chi connectivity index (χ0v) is 24.2. The number of benzene rings is 1. The number of carbonyl (C=O) groups is 4. The number of alkyl halides is 3. The topological polar surface area (TPSA) is 139 Å². The first kappa shape index (κ1) is 33.3. The second-order valence-corrected chi connectivity index (χ2v) is 10.2. The van der Waals surface area contributed by atoms with Crippen LogP contribution in [0.3, 0.4) is 0 Å². The molecule has 234 valence electrons. The molecule has 11 nitrogen and oxygen atoms in total. The number of esters is 3. The molecule has 1 saturated heterocycles. The van der Waals surface area contributed by atoms with Crippen molar-refractivity contribution in [2.75, 3.05) is 20.3 Å². The monoisotopic (exact) mass is 610 g/mol. The first-order valence-corrected chi connectivity index (χ1v) is 13.4. The molecule has 0 aliphatic carbocycles.